The van der Waals surface area contributed by atoms with Crippen molar-refractivity contribution in [2.75, 3.05) is 6.79 Å². The molecule has 2 heterocycles. The summed E-state index contributed by atoms with van der Waals surface area (Å²) in [6.45, 7) is 4.37. The second kappa shape index (κ2) is 8.05. The predicted octanol–water partition coefficient (Wildman–Crippen LogP) is 4.72. The van der Waals surface area contributed by atoms with Crippen molar-refractivity contribution in [3.63, 3.8) is 0 Å². The van der Waals surface area contributed by atoms with E-state index in [1.54, 1.807) is 24.3 Å². The van der Waals surface area contributed by atoms with Gasteiger partial charge in [0, 0.05) is 21.8 Å². The summed E-state index contributed by atoms with van der Waals surface area (Å²) >= 11 is 6.27. The van der Waals surface area contributed by atoms with Crippen LogP contribution >= 0.6 is 11.6 Å². The Morgan fingerprint density at radius 2 is 2.00 bits per heavy atom. The third-order valence-corrected chi connectivity index (χ3v) is 5.37. The highest BCUT2D eigenvalue weighted by Crippen LogP contribution is 2.33. The van der Waals surface area contributed by atoms with Gasteiger partial charge in [-0.25, -0.2) is 0 Å². The largest absolute Gasteiger partial charge is 0.454 e. The molecule has 0 unspecified atom stereocenters. The van der Waals surface area contributed by atoms with Crippen molar-refractivity contribution in [3.05, 3.63) is 81.1 Å². The normalized spacial score (nSPS) is 12.7. The molecular weight excluding hydrogens is 402 g/mol. The van der Waals surface area contributed by atoms with Crippen LogP contribution in [0.25, 0.3) is 6.08 Å². The molecule has 0 N–H and O–H groups in total. The highest BCUT2D eigenvalue weighted by molar-refractivity contribution is 6.31. The summed E-state index contributed by atoms with van der Waals surface area (Å²) < 4.78 is 12.4. The van der Waals surface area contributed by atoms with Crippen LogP contribution in [0.1, 0.15) is 32.9 Å². The highest BCUT2D eigenvalue weighted by Gasteiger charge is 2.20. The van der Waals surface area contributed by atoms with E-state index in [9.17, 15) is 10.1 Å². The SMILES string of the molecule is Cc1nn(Cc2ccccc2Cl)c(C)c1/C=C(/C#N)C(=O)c1ccc2c(c1)OCO2. The molecule has 1 aromatic heterocycles. The molecule has 1 aliphatic heterocycles. The molecule has 3 aromatic rings. The van der Waals surface area contributed by atoms with E-state index >= 15 is 0 Å². The molecule has 150 valence electrons. The smallest absolute Gasteiger partial charge is 0.231 e. The van der Waals surface area contributed by atoms with Crippen LogP contribution in [0.4, 0.5) is 0 Å². The summed E-state index contributed by atoms with van der Waals surface area (Å²) in [5.74, 6) is 0.702. The number of rotatable bonds is 5. The number of nitrogens with zero attached hydrogens (tertiary/aromatic N) is 3. The summed E-state index contributed by atoms with van der Waals surface area (Å²) in [5.41, 5.74) is 3.65. The quantitative estimate of drug-likeness (QED) is 0.339. The van der Waals surface area contributed by atoms with Crippen LogP contribution < -0.4 is 9.47 Å². The van der Waals surface area contributed by atoms with E-state index in [0.717, 1.165) is 22.5 Å². The first-order valence-corrected chi connectivity index (χ1v) is 9.69. The Balaban J connectivity index is 1.66. The Bertz CT molecular complexity index is 1220. The van der Waals surface area contributed by atoms with E-state index < -0.39 is 0 Å². The van der Waals surface area contributed by atoms with Gasteiger partial charge in [-0.3, -0.25) is 9.48 Å². The van der Waals surface area contributed by atoms with Crippen LogP contribution in [-0.4, -0.2) is 22.4 Å². The van der Waals surface area contributed by atoms with Crippen LogP contribution in [0.3, 0.4) is 0 Å². The molecule has 1 aliphatic rings. The number of hydrogen-bond acceptors (Lipinski definition) is 5. The van der Waals surface area contributed by atoms with Gasteiger partial charge < -0.3 is 9.47 Å². The Hall–Kier alpha value is -3.56. The molecule has 0 radical (unpaired) electrons. The van der Waals surface area contributed by atoms with Gasteiger partial charge in [-0.1, -0.05) is 29.8 Å². The molecule has 0 aliphatic carbocycles. The lowest BCUT2D eigenvalue weighted by Gasteiger charge is -2.07. The van der Waals surface area contributed by atoms with Crippen molar-refractivity contribution in [1.29, 1.82) is 5.26 Å². The summed E-state index contributed by atoms with van der Waals surface area (Å²) in [5, 5.41) is 14.9. The fourth-order valence-electron chi connectivity index (χ4n) is 3.35. The van der Waals surface area contributed by atoms with Gasteiger partial charge in [0.2, 0.25) is 12.6 Å². The van der Waals surface area contributed by atoms with E-state index in [4.69, 9.17) is 21.1 Å². The third-order valence-electron chi connectivity index (χ3n) is 5.00. The van der Waals surface area contributed by atoms with E-state index in [-0.39, 0.29) is 18.1 Å². The lowest BCUT2D eigenvalue weighted by Crippen LogP contribution is -2.05. The summed E-state index contributed by atoms with van der Waals surface area (Å²) in [6, 6.07) is 14.5. The molecule has 0 amide bonds. The first-order chi connectivity index (χ1) is 14.5. The minimum atomic E-state index is -0.381. The molecule has 0 bridgehead atoms. The van der Waals surface area contributed by atoms with Gasteiger partial charge in [-0.05, 0) is 49.8 Å². The fraction of sp³-hybridized carbons (Fsp3) is 0.174. The van der Waals surface area contributed by atoms with Gasteiger partial charge in [-0.15, -0.1) is 0 Å². The number of Topliss-reactive ketones (excluding diaryl/α,β-unsaturated/α-hetero) is 1. The van der Waals surface area contributed by atoms with Gasteiger partial charge in [0.05, 0.1) is 12.2 Å². The number of aryl methyl sites for hydroxylation is 1. The summed E-state index contributed by atoms with van der Waals surface area (Å²) in [6.07, 6.45) is 1.59. The Labute approximate surface area is 178 Å². The molecule has 0 fully saturated rings. The number of hydrogen-bond donors (Lipinski definition) is 0. The number of ether oxygens (including phenoxy) is 2. The van der Waals surface area contributed by atoms with E-state index in [1.807, 2.05) is 48.9 Å². The predicted molar refractivity (Wildman–Crippen MR) is 113 cm³/mol. The maximum atomic E-state index is 12.9. The number of carbonyl (C=O) groups is 1. The van der Waals surface area contributed by atoms with Crippen LogP contribution in [0, 0.1) is 25.2 Å². The lowest BCUT2D eigenvalue weighted by atomic mass is 10.0. The third kappa shape index (κ3) is 3.68. The van der Waals surface area contributed by atoms with Gasteiger partial charge in [0.1, 0.15) is 11.6 Å². The Morgan fingerprint density at radius 3 is 2.77 bits per heavy atom. The number of fused-ring (bicyclic) bond motifs is 1. The lowest BCUT2D eigenvalue weighted by molar-refractivity contribution is 0.103. The first-order valence-electron chi connectivity index (χ1n) is 9.31. The number of allylic oxidation sites excluding steroid dienone is 1. The zero-order chi connectivity index (χ0) is 21.3. The maximum Gasteiger partial charge on any atom is 0.231 e. The van der Waals surface area contributed by atoms with Gasteiger partial charge in [-0.2, -0.15) is 10.4 Å². The monoisotopic (exact) mass is 419 g/mol. The van der Waals surface area contributed by atoms with Crippen LogP contribution in [-0.2, 0) is 6.54 Å². The Morgan fingerprint density at radius 1 is 1.23 bits per heavy atom. The van der Waals surface area contributed by atoms with Gasteiger partial charge >= 0.3 is 0 Å². The first kappa shape index (κ1) is 19.7. The number of benzene rings is 2. The van der Waals surface area contributed by atoms with E-state index in [0.29, 0.717) is 28.6 Å². The average Bonchev–Trinajstić information content (AvgIpc) is 3.32. The molecular formula is C23H18ClN3O3. The number of aromatic nitrogens is 2. The molecule has 6 nitrogen and oxygen atoms in total. The Kier molecular flexibility index (Phi) is 5.30. The molecule has 7 heteroatoms. The minimum absolute atomic E-state index is 0.0253. The molecule has 4 rings (SSSR count). The number of carbonyl (C=O) groups excluding carboxylic acids is 1. The van der Waals surface area contributed by atoms with E-state index in [2.05, 4.69) is 5.10 Å². The van der Waals surface area contributed by atoms with Crippen LogP contribution in [0.5, 0.6) is 11.5 Å². The number of halogens is 1. The van der Waals surface area contributed by atoms with Crippen molar-refractivity contribution >= 4 is 23.5 Å². The summed E-state index contributed by atoms with van der Waals surface area (Å²) in [7, 11) is 0. The van der Waals surface area contributed by atoms with E-state index in [1.165, 1.54) is 0 Å². The zero-order valence-corrected chi connectivity index (χ0v) is 17.2. The number of ketones is 1. The molecule has 0 atom stereocenters. The standard InChI is InChI=1S/C23H18ClN3O3/c1-14-19(15(2)27(26-14)12-17-5-3-4-6-20(17)24)9-18(11-25)23(28)16-7-8-21-22(10-16)30-13-29-21/h3-10H,12-13H2,1-2H3/b18-9-. The van der Waals surface area contributed by atoms with Crippen molar-refractivity contribution in [2.45, 2.75) is 20.4 Å². The molecule has 30 heavy (non-hydrogen) atoms. The highest BCUT2D eigenvalue weighted by atomic mass is 35.5. The topological polar surface area (TPSA) is 77.1 Å². The fourth-order valence-corrected chi connectivity index (χ4v) is 3.54. The minimum Gasteiger partial charge on any atom is -0.454 e. The maximum absolute atomic E-state index is 12.9. The zero-order valence-electron chi connectivity index (χ0n) is 16.5. The van der Waals surface area contributed by atoms with Crippen LogP contribution in [0.2, 0.25) is 5.02 Å². The van der Waals surface area contributed by atoms with Gasteiger partial charge in [0.25, 0.3) is 0 Å². The van der Waals surface area contributed by atoms with Crippen LogP contribution in [0.15, 0.2) is 48.0 Å². The molecule has 0 spiro atoms. The van der Waals surface area contributed by atoms with Gasteiger partial charge in [0.15, 0.2) is 11.5 Å². The molecule has 0 saturated heterocycles. The molecule has 0 saturated carbocycles. The van der Waals surface area contributed by atoms with Crippen molar-refractivity contribution in [1.82, 2.24) is 9.78 Å². The number of nitriles is 1. The summed E-state index contributed by atoms with van der Waals surface area (Å²) in [4.78, 5) is 12.9. The molecule has 2 aromatic carbocycles. The van der Waals surface area contributed by atoms with Crippen molar-refractivity contribution < 1.29 is 14.3 Å². The van der Waals surface area contributed by atoms with Crippen molar-refractivity contribution in [2.24, 2.45) is 0 Å². The average molecular weight is 420 g/mol. The van der Waals surface area contributed by atoms with Crippen molar-refractivity contribution in [3.8, 4) is 17.6 Å². The second-order valence-electron chi connectivity index (χ2n) is 6.90. The second-order valence-corrected chi connectivity index (χ2v) is 7.31.